The first-order chi connectivity index (χ1) is 7.29. The number of rotatable bonds is 5. The lowest BCUT2D eigenvalue weighted by Gasteiger charge is -2.28. The Morgan fingerprint density at radius 1 is 1.40 bits per heavy atom. The van der Waals surface area contributed by atoms with Crippen LogP contribution in [0.4, 0.5) is 0 Å². The summed E-state index contributed by atoms with van der Waals surface area (Å²) in [6.07, 6.45) is 7.72. The molecule has 0 N–H and O–H groups in total. The minimum Gasteiger partial charge on any atom is -0.336 e. The van der Waals surface area contributed by atoms with Gasteiger partial charge in [0, 0.05) is 19.4 Å². The van der Waals surface area contributed by atoms with Gasteiger partial charge in [0.05, 0.1) is 6.04 Å². The Bertz CT molecular complexity index is 238. The van der Waals surface area contributed by atoms with E-state index < -0.39 is 0 Å². The predicted molar refractivity (Wildman–Crippen MR) is 59.5 cm³/mol. The molecule has 1 aliphatic heterocycles. The van der Waals surface area contributed by atoms with Gasteiger partial charge in [-0.05, 0) is 19.3 Å². The summed E-state index contributed by atoms with van der Waals surface area (Å²) in [5.74, 6) is 0.211. The minimum absolute atomic E-state index is 0.0424. The second kappa shape index (κ2) is 6.38. The molecule has 1 fully saturated rings. The lowest BCUT2D eigenvalue weighted by molar-refractivity contribution is -0.132. The summed E-state index contributed by atoms with van der Waals surface area (Å²) in [6, 6.07) is 0.0424. The molecule has 1 amide bonds. The largest absolute Gasteiger partial charge is 0.336 e. The summed E-state index contributed by atoms with van der Waals surface area (Å²) >= 11 is 0. The minimum atomic E-state index is 0.0424. The third-order valence-electron chi connectivity index (χ3n) is 2.86. The standard InChI is InChI=1S/C12H19NO2/c1-2-11(7-6-10-14)13-9-5-3-4-8-12(13)15/h2,10-11H,1,3-9H2. The first-order valence-corrected chi connectivity index (χ1v) is 5.65. The van der Waals surface area contributed by atoms with E-state index in [0.29, 0.717) is 19.3 Å². The molecular weight excluding hydrogens is 190 g/mol. The maximum Gasteiger partial charge on any atom is 0.223 e. The van der Waals surface area contributed by atoms with Crippen molar-refractivity contribution in [3.05, 3.63) is 12.7 Å². The Hall–Kier alpha value is -1.12. The molecular formula is C12H19NO2. The lowest BCUT2D eigenvalue weighted by Crippen LogP contribution is -2.38. The second-order valence-corrected chi connectivity index (χ2v) is 3.94. The predicted octanol–water partition coefficient (Wildman–Crippen LogP) is 1.92. The van der Waals surface area contributed by atoms with Crippen molar-refractivity contribution in [2.45, 2.75) is 44.6 Å². The highest BCUT2D eigenvalue weighted by Gasteiger charge is 2.22. The topological polar surface area (TPSA) is 37.4 Å². The molecule has 15 heavy (non-hydrogen) atoms. The summed E-state index contributed by atoms with van der Waals surface area (Å²) in [6.45, 7) is 4.56. The van der Waals surface area contributed by atoms with Crippen molar-refractivity contribution in [1.29, 1.82) is 0 Å². The smallest absolute Gasteiger partial charge is 0.223 e. The zero-order chi connectivity index (χ0) is 11.1. The molecule has 1 atom stereocenters. The Balaban J connectivity index is 2.58. The number of hydrogen-bond acceptors (Lipinski definition) is 2. The van der Waals surface area contributed by atoms with E-state index in [4.69, 9.17) is 0 Å². The normalized spacial score (nSPS) is 19.5. The van der Waals surface area contributed by atoms with Gasteiger partial charge in [0.15, 0.2) is 0 Å². The molecule has 0 radical (unpaired) electrons. The zero-order valence-corrected chi connectivity index (χ0v) is 9.15. The van der Waals surface area contributed by atoms with Gasteiger partial charge in [-0.1, -0.05) is 12.5 Å². The molecule has 0 aliphatic carbocycles. The molecule has 0 saturated carbocycles. The van der Waals surface area contributed by atoms with Gasteiger partial charge >= 0.3 is 0 Å². The van der Waals surface area contributed by atoms with E-state index in [1.54, 1.807) is 6.08 Å². The Morgan fingerprint density at radius 3 is 2.87 bits per heavy atom. The third kappa shape index (κ3) is 3.50. The highest BCUT2D eigenvalue weighted by molar-refractivity contribution is 5.77. The molecule has 0 aromatic carbocycles. The van der Waals surface area contributed by atoms with Crippen LogP contribution in [0.2, 0.25) is 0 Å². The van der Waals surface area contributed by atoms with Crippen LogP contribution in [-0.2, 0) is 9.59 Å². The van der Waals surface area contributed by atoms with Gasteiger partial charge in [-0.3, -0.25) is 4.79 Å². The van der Waals surface area contributed by atoms with Gasteiger partial charge in [0.1, 0.15) is 6.29 Å². The van der Waals surface area contributed by atoms with E-state index in [9.17, 15) is 9.59 Å². The molecule has 1 saturated heterocycles. The summed E-state index contributed by atoms with van der Waals surface area (Å²) in [4.78, 5) is 24.0. The first kappa shape index (κ1) is 12.0. The highest BCUT2D eigenvalue weighted by Crippen LogP contribution is 2.16. The summed E-state index contributed by atoms with van der Waals surface area (Å²) in [5, 5.41) is 0. The van der Waals surface area contributed by atoms with Crippen molar-refractivity contribution in [3.63, 3.8) is 0 Å². The number of carbonyl (C=O) groups is 2. The molecule has 3 nitrogen and oxygen atoms in total. The van der Waals surface area contributed by atoms with E-state index >= 15 is 0 Å². The fourth-order valence-electron chi connectivity index (χ4n) is 1.99. The van der Waals surface area contributed by atoms with Crippen molar-refractivity contribution in [3.8, 4) is 0 Å². The Labute approximate surface area is 91.1 Å². The van der Waals surface area contributed by atoms with Gasteiger partial charge in [-0.15, -0.1) is 6.58 Å². The van der Waals surface area contributed by atoms with E-state index in [1.807, 2.05) is 4.90 Å². The second-order valence-electron chi connectivity index (χ2n) is 3.94. The van der Waals surface area contributed by atoms with Gasteiger partial charge in [-0.25, -0.2) is 0 Å². The molecule has 0 aromatic rings. The lowest BCUT2D eigenvalue weighted by atomic mass is 10.1. The quantitative estimate of drug-likeness (QED) is 0.512. The van der Waals surface area contributed by atoms with E-state index in [2.05, 4.69) is 6.58 Å². The molecule has 1 unspecified atom stereocenters. The average molecular weight is 209 g/mol. The van der Waals surface area contributed by atoms with Crippen molar-refractivity contribution in [2.24, 2.45) is 0 Å². The van der Waals surface area contributed by atoms with Crippen LogP contribution in [0.1, 0.15) is 38.5 Å². The average Bonchev–Trinajstić information content (AvgIpc) is 2.45. The summed E-state index contributed by atoms with van der Waals surface area (Å²) < 4.78 is 0. The number of hydrogen-bond donors (Lipinski definition) is 0. The number of nitrogens with zero attached hydrogens (tertiary/aromatic N) is 1. The van der Waals surface area contributed by atoms with Crippen molar-refractivity contribution < 1.29 is 9.59 Å². The van der Waals surface area contributed by atoms with Crippen LogP contribution in [0.5, 0.6) is 0 Å². The molecule has 1 heterocycles. The molecule has 0 spiro atoms. The Morgan fingerprint density at radius 2 is 2.20 bits per heavy atom. The summed E-state index contributed by atoms with van der Waals surface area (Å²) in [7, 11) is 0. The number of carbonyl (C=O) groups excluding carboxylic acids is 2. The third-order valence-corrected chi connectivity index (χ3v) is 2.86. The van der Waals surface area contributed by atoms with Gasteiger partial charge in [0.2, 0.25) is 5.91 Å². The van der Waals surface area contributed by atoms with Gasteiger partial charge in [0.25, 0.3) is 0 Å². The zero-order valence-electron chi connectivity index (χ0n) is 9.15. The van der Waals surface area contributed by atoms with Crippen LogP contribution in [0, 0.1) is 0 Å². The molecule has 0 aromatic heterocycles. The maximum atomic E-state index is 11.8. The van der Waals surface area contributed by atoms with Crippen LogP contribution in [0.15, 0.2) is 12.7 Å². The van der Waals surface area contributed by atoms with E-state index in [0.717, 1.165) is 32.1 Å². The van der Waals surface area contributed by atoms with Crippen LogP contribution < -0.4 is 0 Å². The van der Waals surface area contributed by atoms with Gasteiger partial charge < -0.3 is 9.69 Å². The number of likely N-dealkylation sites (tertiary alicyclic amines) is 1. The Kier molecular flexibility index (Phi) is 5.08. The SMILES string of the molecule is C=CC(CCC=O)N1CCCCCC1=O. The van der Waals surface area contributed by atoms with Crippen molar-refractivity contribution in [2.75, 3.05) is 6.54 Å². The fraction of sp³-hybridized carbons (Fsp3) is 0.667. The maximum absolute atomic E-state index is 11.8. The first-order valence-electron chi connectivity index (χ1n) is 5.65. The monoisotopic (exact) mass is 209 g/mol. The number of amides is 1. The van der Waals surface area contributed by atoms with Crippen LogP contribution in [-0.4, -0.2) is 29.7 Å². The van der Waals surface area contributed by atoms with Crippen LogP contribution >= 0.6 is 0 Å². The highest BCUT2D eigenvalue weighted by atomic mass is 16.2. The molecule has 3 heteroatoms. The summed E-state index contributed by atoms with van der Waals surface area (Å²) in [5.41, 5.74) is 0. The molecule has 0 bridgehead atoms. The van der Waals surface area contributed by atoms with Gasteiger partial charge in [-0.2, -0.15) is 0 Å². The van der Waals surface area contributed by atoms with Crippen molar-refractivity contribution in [1.82, 2.24) is 4.90 Å². The molecule has 1 rings (SSSR count). The molecule has 1 aliphatic rings. The van der Waals surface area contributed by atoms with E-state index in [-0.39, 0.29) is 11.9 Å². The fourth-order valence-corrected chi connectivity index (χ4v) is 1.99. The molecule has 84 valence electrons. The van der Waals surface area contributed by atoms with Crippen LogP contribution in [0.3, 0.4) is 0 Å². The van der Waals surface area contributed by atoms with Crippen molar-refractivity contribution >= 4 is 12.2 Å². The van der Waals surface area contributed by atoms with E-state index in [1.165, 1.54) is 0 Å². The number of aldehydes is 1. The van der Waals surface area contributed by atoms with Crippen LogP contribution in [0.25, 0.3) is 0 Å².